The van der Waals surface area contributed by atoms with Gasteiger partial charge in [-0.15, -0.1) is 0 Å². The van der Waals surface area contributed by atoms with Gasteiger partial charge in [-0.25, -0.2) is 18.2 Å². The second-order valence-corrected chi connectivity index (χ2v) is 3.03. The highest BCUT2D eigenvalue weighted by Gasteiger charge is 2.04. The molecule has 0 aliphatic carbocycles. The van der Waals surface area contributed by atoms with Gasteiger partial charge in [0.1, 0.15) is 5.82 Å². The molecule has 0 amide bonds. The lowest BCUT2D eigenvalue weighted by Crippen LogP contribution is -2.03. The predicted molar refractivity (Wildman–Crippen MR) is 49.5 cm³/mol. The fraction of sp³-hybridized carbons (Fsp3) is 0.143. The van der Waals surface area contributed by atoms with Gasteiger partial charge < -0.3 is 4.74 Å². The van der Waals surface area contributed by atoms with Crippen LogP contribution in [0.2, 0.25) is 0 Å². The maximum absolute atomic E-state index is 10.9. The molecule has 0 spiro atoms. The highest BCUT2D eigenvalue weighted by Crippen LogP contribution is 2.05. The van der Waals surface area contributed by atoms with Crippen LogP contribution < -0.4 is 4.72 Å². The van der Waals surface area contributed by atoms with Crippen molar-refractivity contribution < 1.29 is 17.9 Å². The van der Waals surface area contributed by atoms with Gasteiger partial charge in [0.2, 0.25) is 10.9 Å². The van der Waals surface area contributed by atoms with Crippen LogP contribution in [0.25, 0.3) is 0 Å². The minimum absolute atomic E-state index is 0.161. The molecule has 0 fully saturated rings. The largest absolute Gasteiger partial charge is 0.465 e. The zero-order valence-corrected chi connectivity index (χ0v) is 8.15. The molecule has 0 saturated carbocycles. The fourth-order valence-corrected chi connectivity index (χ4v) is 1.11. The lowest BCUT2D eigenvalue weighted by Gasteiger charge is -1.99. The van der Waals surface area contributed by atoms with Crippen molar-refractivity contribution in [1.82, 2.24) is 4.98 Å². The van der Waals surface area contributed by atoms with Crippen LogP contribution in [-0.4, -0.2) is 26.5 Å². The number of rotatable bonds is 3. The molecule has 0 aliphatic heterocycles. The summed E-state index contributed by atoms with van der Waals surface area (Å²) in [6, 6.07) is 2.79. The molecule has 1 aromatic rings. The predicted octanol–water partition coefficient (Wildman–Crippen LogP) is -0.194. The van der Waals surface area contributed by atoms with Crippen LogP contribution in [0.3, 0.4) is 0 Å². The molecule has 76 valence electrons. The van der Waals surface area contributed by atoms with E-state index in [2.05, 4.69) is 14.4 Å². The Morgan fingerprint density at radius 3 is 2.64 bits per heavy atom. The molecule has 14 heavy (non-hydrogen) atoms. The average Bonchev–Trinajstić information content (AvgIpc) is 2.17. The summed E-state index contributed by atoms with van der Waals surface area (Å²) >= 11 is 0. The second kappa shape index (κ2) is 4.56. The van der Waals surface area contributed by atoms with Crippen LogP contribution in [-0.2, 0) is 15.6 Å². The van der Waals surface area contributed by atoms with Gasteiger partial charge in [0.05, 0.1) is 12.7 Å². The van der Waals surface area contributed by atoms with Crippen molar-refractivity contribution in [2.24, 2.45) is 0 Å². The van der Waals surface area contributed by atoms with Crippen molar-refractivity contribution in [2.75, 3.05) is 11.8 Å². The molecule has 0 unspecified atom stereocenters. The zero-order valence-electron chi connectivity index (χ0n) is 7.26. The second-order valence-electron chi connectivity index (χ2n) is 2.29. The molecule has 1 N–H and O–H groups in total. The molecule has 6 nitrogen and oxygen atoms in total. The van der Waals surface area contributed by atoms with E-state index in [1.54, 1.807) is 0 Å². The summed E-state index contributed by atoms with van der Waals surface area (Å²) in [6.45, 7) is 0. The number of ether oxygens (including phenoxy) is 1. The summed E-state index contributed by atoms with van der Waals surface area (Å²) in [6.07, 6.45) is 1.23. The molecule has 0 bridgehead atoms. The average molecular weight is 216 g/mol. The van der Waals surface area contributed by atoms with Crippen molar-refractivity contribution in [2.45, 2.75) is 0 Å². The van der Waals surface area contributed by atoms with Crippen LogP contribution in [0.4, 0.5) is 5.82 Å². The molecular weight excluding hydrogens is 208 g/mol. The molecule has 1 heterocycles. The van der Waals surface area contributed by atoms with E-state index in [1.165, 1.54) is 25.4 Å². The Kier molecular flexibility index (Phi) is 3.41. The number of hydrogen-bond acceptors (Lipinski definition) is 5. The highest BCUT2D eigenvalue weighted by atomic mass is 32.2. The zero-order chi connectivity index (χ0) is 10.6. The van der Waals surface area contributed by atoms with Crippen molar-refractivity contribution in [3.63, 3.8) is 0 Å². The Labute approximate surface area is 82.0 Å². The lowest BCUT2D eigenvalue weighted by atomic mass is 10.3. The molecule has 0 radical (unpaired) electrons. The van der Waals surface area contributed by atoms with Crippen molar-refractivity contribution in [3.8, 4) is 0 Å². The third kappa shape index (κ3) is 2.70. The van der Waals surface area contributed by atoms with E-state index in [-0.39, 0.29) is 11.4 Å². The maximum Gasteiger partial charge on any atom is 0.339 e. The standard InChI is InChI=1S/C7H8N2O4S/c1-13-7(10)5-2-3-6(8-4-5)9-14(11)12/h2-4,14H,1H3,(H,8,9,11,12). The molecular formula is C7H8N2O4S. The van der Waals surface area contributed by atoms with E-state index in [4.69, 9.17) is 0 Å². The van der Waals surface area contributed by atoms with Gasteiger partial charge in [0.15, 0.2) is 0 Å². The molecule has 1 aromatic heterocycles. The van der Waals surface area contributed by atoms with Gasteiger partial charge >= 0.3 is 5.97 Å². The molecule has 0 saturated heterocycles. The first kappa shape index (κ1) is 10.5. The first-order valence-corrected chi connectivity index (χ1v) is 4.76. The Balaban J connectivity index is 2.83. The quantitative estimate of drug-likeness (QED) is 0.540. The number of thiol groups is 1. The molecule has 0 aromatic carbocycles. The number of pyridine rings is 1. The molecule has 7 heteroatoms. The van der Waals surface area contributed by atoms with Gasteiger partial charge in [-0.1, -0.05) is 0 Å². The van der Waals surface area contributed by atoms with Crippen LogP contribution in [0.1, 0.15) is 10.4 Å². The Hall–Kier alpha value is -1.63. The van der Waals surface area contributed by atoms with Gasteiger partial charge in [-0.2, -0.15) is 0 Å². The number of hydrogen-bond donors (Lipinski definition) is 2. The van der Waals surface area contributed by atoms with Crippen LogP contribution in [0.15, 0.2) is 18.3 Å². The summed E-state index contributed by atoms with van der Waals surface area (Å²) in [5.74, 6) is -0.357. The van der Waals surface area contributed by atoms with E-state index >= 15 is 0 Å². The number of methoxy groups -OCH3 is 1. The SMILES string of the molecule is COC(=O)c1ccc(N[SH](=O)=O)nc1. The van der Waals surface area contributed by atoms with Crippen LogP contribution in [0, 0.1) is 0 Å². The van der Waals surface area contributed by atoms with Crippen molar-refractivity contribution in [3.05, 3.63) is 23.9 Å². The molecule has 0 atom stereocenters. The van der Waals surface area contributed by atoms with E-state index in [1.807, 2.05) is 0 Å². The summed E-state index contributed by atoms with van der Waals surface area (Å²) in [5, 5.41) is 0. The minimum Gasteiger partial charge on any atom is -0.465 e. The summed E-state index contributed by atoms with van der Waals surface area (Å²) in [7, 11) is -1.48. The minimum atomic E-state index is -2.73. The first-order chi connectivity index (χ1) is 6.63. The Morgan fingerprint density at radius 1 is 1.50 bits per heavy atom. The smallest absolute Gasteiger partial charge is 0.339 e. The number of nitrogens with zero attached hydrogens (tertiary/aromatic N) is 1. The van der Waals surface area contributed by atoms with Gasteiger partial charge in [0, 0.05) is 6.20 Å². The van der Waals surface area contributed by atoms with E-state index in [9.17, 15) is 13.2 Å². The van der Waals surface area contributed by atoms with Gasteiger partial charge in [-0.05, 0) is 12.1 Å². The maximum atomic E-state index is 10.9. The summed E-state index contributed by atoms with van der Waals surface area (Å²) < 4.78 is 27.0. The number of esters is 1. The van der Waals surface area contributed by atoms with Crippen LogP contribution >= 0.6 is 0 Å². The number of carbonyl (C=O) groups is 1. The van der Waals surface area contributed by atoms with Crippen LogP contribution in [0.5, 0.6) is 0 Å². The Bertz CT molecular complexity index is 391. The third-order valence-corrected chi connectivity index (χ3v) is 1.80. The van der Waals surface area contributed by atoms with Gasteiger partial charge in [-0.3, -0.25) is 4.72 Å². The molecule has 1 rings (SSSR count). The lowest BCUT2D eigenvalue weighted by molar-refractivity contribution is 0.0600. The fourth-order valence-electron chi connectivity index (χ4n) is 0.792. The number of aromatic nitrogens is 1. The highest BCUT2D eigenvalue weighted by molar-refractivity contribution is 7.73. The van der Waals surface area contributed by atoms with Crippen molar-refractivity contribution >= 4 is 22.7 Å². The Morgan fingerprint density at radius 2 is 2.21 bits per heavy atom. The molecule has 0 aliphatic rings. The number of nitrogens with one attached hydrogen (secondary N) is 1. The van der Waals surface area contributed by atoms with E-state index in [0.29, 0.717) is 0 Å². The summed E-state index contributed by atoms with van der Waals surface area (Å²) in [5.41, 5.74) is 0.263. The third-order valence-electron chi connectivity index (χ3n) is 1.39. The van der Waals surface area contributed by atoms with Crippen molar-refractivity contribution in [1.29, 1.82) is 0 Å². The van der Waals surface area contributed by atoms with E-state index in [0.717, 1.165) is 0 Å². The summed E-state index contributed by atoms with van der Waals surface area (Å²) in [4.78, 5) is 14.6. The first-order valence-electron chi connectivity index (χ1n) is 3.59. The van der Waals surface area contributed by atoms with E-state index < -0.39 is 16.9 Å². The monoisotopic (exact) mass is 216 g/mol. The normalized spacial score (nSPS) is 9.86. The topological polar surface area (TPSA) is 85.4 Å². The number of anilines is 1. The number of carbonyl (C=O) groups excluding carboxylic acids is 1. The van der Waals surface area contributed by atoms with Gasteiger partial charge in [0.25, 0.3) is 0 Å².